The SMILES string of the molecule is CC(CO)NCc1cc(Cl)c(OCc2cccc(-c3ccccc3)c2Br)cc1OCC1CC1. The number of ether oxygens (including phenoxy) is 2. The average molecular weight is 531 g/mol. The number of aliphatic hydroxyl groups excluding tert-OH is 1. The molecule has 4 nitrogen and oxygen atoms in total. The van der Waals surface area contributed by atoms with Gasteiger partial charge < -0.3 is 19.9 Å². The van der Waals surface area contributed by atoms with Crippen LogP contribution in [-0.2, 0) is 13.2 Å². The highest BCUT2D eigenvalue weighted by Gasteiger charge is 2.23. The molecule has 0 aromatic heterocycles. The quantitative estimate of drug-likeness (QED) is 0.293. The summed E-state index contributed by atoms with van der Waals surface area (Å²) in [6.45, 7) is 3.65. The van der Waals surface area contributed by atoms with Crippen LogP contribution in [0.25, 0.3) is 11.1 Å². The van der Waals surface area contributed by atoms with Gasteiger partial charge in [-0.05, 0) is 58.8 Å². The molecule has 174 valence electrons. The fourth-order valence-electron chi connectivity index (χ4n) is 3.49. The van der Waals surface area contributed by atoms with E-state index in [0.29, 0.717) is 36.4 Å². The van der Waals surface area contributed by atoms with Crippen LogP contribution < -0.4 is 14.8 Å². The molecule has 1 fully saturated rings. The Morgan fingerprint density at radius 2 is 1.82 bits per heavy atom. The monoisotopic (exact) mass is 529 g/mol. The Labute approximate surface area is 209 Å². The molecule has 6 heteroatoms. The highest BCUT2D eigenvalue weighted by molar-refractivity contribution is 9.10. The summed E-state index contributed by atoms with van der Waals surface area (Å²) < 4.78 is 13.3. The van der Waals surface area contributed by atoms with Crippen LogP contribution in [0.3, 0.4) is 0 Å². The lowest BCUT2D eigenvalue weighted by Crippen LogP contribution is -2.28. The molecule has 4 rings (SSSR count). The van der Waals surface area contributed by atoms with Gasteiger partial charge in [0.15, 0.2) is 0 Å². The highest BCUT2D eigenvalue weighted by atomic mass is 79.9. The van der Waals surface area contributed by atoms with Gasteiger partial charge in [-0.3, -0.25) is 0 Å². The van der Waals surface area contributed by atoms with E-state index >= 15 is 0 Å². The van der Waals surface area contributed by atoms with Gasteiger partial charge in [0.25, 0.3) is 0 Å². The average Bonchev–Trinajstić information content (AvgIpc) is 3.67. The summed E-state index contributed by atoms with van der Waals surface area (Å²) in [5, 5.41) is 13.1. The number of hydrogen-bond acceptors (Lipinski definition) is 4. The fraction of sp³-hybridized carbons (Fsp3) is 0.333. The zero-order valence-corrected chi connectivity index (χ0v) is 21.0. The Morgan fingerprint density at radius 1 is 1.03 bits per heavy atom. The molecule has 0 aliphatic heterocycles. The lowest BCUT2D eigenvalue weighted by atomic mass is 10.0. The van der Waals surface area contributed by atoms with Crippen molar-refractivity contribution < 1.29 is 14.6 Å². The number of aliphatic hydroxyl groups is 1. The second kappa shape index (κ2) is 11.4. The van der Waals surface area contributed by atoms with E-state index in [1.54, 1.807) is 0 Å². The van der Waals surface area contributed by atoms with E-state index in [4.69, 9.17) is 21.1 Å². The van der Waals surface area contributed by atoms with Gasteiger partial charge in [0.05, 0.1) is 18.2 Å². The third kappa shape index (κ3) is 6.51. The summed E-state index contributed by atoms with van der Waals surface area (Å²) in [6.07, 6.45) is 2.44. The van der Waals surface area contributed by atoms with Crippen LogP contribution in [0.5, 0.6) is 11.5 Å². The summed E-state index contributed by atoms with van der Waals surface area (Å²) in [5.41, 5.74) is 4.26. The predicted octanol–water partition coefficient (Wildman–Crippen LogP) is 6.61. The molecule has 1 aliphatic rings. The second-order valence-corrected chi connectivity index (χ2v) is 9.74. The van der Waals surface area contributed by atoms with Gasteiger partial charge in [0.2, 0.25) is 0 Å². The van der Waals surface area contributed by atoms with Crippen molar-refractivity contribution in [3.63, 3.8) is 0 Å². The first kappa shape index (κ1) is 24.1. The molecule has 0 saturated heterocycles. The normalized spacial score (nSPS) is 14.2. The zero-order valence-electron chi connectivity index (χ0n) is 18.7. The van der Waals surface area contributed by atoms with Gasteiger partial charge in [-0.25, -0.2) is 0 Å². The van der Waals surface area contributed by atoms with Crippen LogP contribution in [0.2, 0.25) is 5.02 Å². The number of benzene rings is 3. The van der Waals surface area contributed by atoms with E-state index in [1.807, 2.05) is 49.4 Å². The van der Waals surface area contributed by atoms with Crippen molar-refractivity contribution in [2.24, 2.45) is 5.92 Å². The first-order chi connectivity index (χ1) is 16.0. The number of rotatable bonds is 11. The lowest BCUT2D eigenvalue weighted by molar-refractivity contribution is 0.249. The summed E-state index contributed by atoms with van der Waals surface area (Å²) in [5.74, 6) is 2.01. The molecule has 1 aliphatic carbocycles. The molecule has 33 heavy (non-hydrogen) atoms. The Bertz CT molecular complexity index is 1070. The Hall–Kier alpha value is -2.05. The van der Waals surface area contributed by atoms with Crippen LogP contribution in [0.15, 0.2) is 65.1 Å². The van der Waals surface area contributed by atoms with Gasteiger partial charge in [-0.2, -0.15) is 0 Å². The molecule has 0 bridgehead atoms. The Kier molecular flexibility index (Phi) is 8.31. The largest absolute Gasteiger partial charge is 0.493 e. The maximum atomic E-state index is 9.31. The minimum atomic E-state index is -0.00905. The van der Waals surface area contributed by atoms with Crippen molar-refractivity contribution in [1.82, 2.24) is 5.32 Å². The molecular formula is C27H29BrClNO3. The Balaban J connectivity index is 1.52. The molecule has 3 aromatic carbocycles. The molecule has 0 radical (unpaired) electrons. The smallest absolute Gasteiger partial charge is 0.142 e. The minimum absolute atomic E-state index is 0.00905. The van der Waals surface area contributed by atoms with Crippen LogP contribution in [0.1, 0.15) is 30.9 Å². The third-order valence-electron chi connectivity index (χ3n) is 5.75. The Morgan fingerprint density at radius 3 is 2.55 bits per heavy atom. The summed E-state index contributed by atoms with van der Waals surface area (Å²) in [4.78, 5) is 0. The van der Waals surface area contributed by atoms with Gasteiger partial charge in [-0.1, -0.05) is 60.1 Å². The van der Waals surface area contributed by atoms with Gasteiger partial charge in [0, 0.05) is 34.3 Å². The molecular weight excluding hydrogens is 502 g/mol. The highest BCUT2D eigenvalue weighted by Crippen LogP contribution is 2.37. The van der Waals surface area contributed by atoms with E-state index in [2.05, 4.69) is 39.4 Å². The van der Waals surface area contributed by atoms with Crippen molar-refractivity contribution in [1.29, 1.82) is 0 Å². The third-order valence-corrected chi connectivity index (χ3v) is 6.98. The fourth-order valence-corrected chi connectivity index (χ4v) is 4.34. The zero-order chi connectivity index (χ0) is 23.2. The van der Waals surface area contributed by atoms with Crippen molar-refractivity contribution in [2.45, 2.75) is 39.0 Å². The van der Waals surface area contributed by atoms with E-state index in [0.717, 1.165) is 32.5 Å². The first-order valence-electron chi connectivity index (χ1n) is 11.3. The standard InChI is InChI=1S/C27H29BrClNO3/c1-18(15-31)30-14-22-12-24(29)26(13-25(22)32-16-19-10-11-19)33-17-21-8-5-9-23(27(21)28)20-6-3-2-4-7-20/h2-9,12-13,18-19,30-31H,10-11,14-17H2,1H3. The topological polar surface area (TPSA) is 50.7 Å². The number of nitrogens with one attached hydrogen (secondary N) is 1. The second-order valence-electron chi connectivity index (χ2n) is 8.54. The van der Waals surface area contributed by atoms with Crippen molar-refractivity contribution in [3.05, 3.63) is 81.3 Å². The maximum absolute atomic E-state index is 9.31. The van der Waals surface area contributed by atoms with E-state index in [-0.39, 0.29) is 12.6 Å². The lowest BCUT2D eigenvalue weighted by Gasteiger charge is -2.18. The van der Waals surface area contributed by atoms with Crippen molar-refractivity contribution in [2.75, 3.05) is 13.2 Å². The molecule has 1 atom stereocenters. The molecule has 1 unspecified atom stereocenters. The van der Waals surface area contributed by atoms with Crippen molar-refractivity contribution in [3.8, 4) is 22.6 Å². The van der Waals surface area contributed by atoms with Crippen molar-refractivity contribution >= 4 is 27.5 Å². The van der Waals surface area contributed by atoms with Crippen LogP contribution >= 0.6 is 27.5 Å². The van der Waals surface area contributed by atoms with E-state index in [1.165, 1.54) is 12.8 Å². The number of halogens is 2. The number of hydrogen-bond donors (Lipinski definition) is 2. The molecule has 1 saturated carbocycles. The molecule has 0 amide bonds. The van der Waals surface area contributed by atoms with Gasteiger partial charge >= 0.3 is 0 Å². The van der Waals surface area contributed by atoms with E-state index < -0.39 is 0 Å². The maximum Gasteiger partial charge on any atom is 0.142 e. The van der Waals surface area contributed by atoms with E-state index in [9.17, 15) is 5.11 Å². The summed E-state index contributed by atoms with van der Waals surface area (Å²) in [6, 6.07) is 20.2. The van der Waals surface area contributed by atoms with Gasteiger partial charge in [-0.15, -0.1) is 0 Å². The molecule has 2 N–H and O–H groups in total. The van der Waals surface area contributed by atoms with Gasteiger partial charge in [0.1, 0.15) is 18.1 Å². The molecule has 0 heterocycles. The first-order valence-corrected chi connectivity index (χ1v) is 12.5. The molecule has 0 spiro atoms. The van der Waals surface area contributed by atoms with Crippen LogP contribution in [0, 0.1) is 5.92 Å². The van der Waals surface area contributed by atoms with Crippen LogP contribution in [-0.4, -0.2) is 24.4 Å². The molecule has 3 aromatic rings. The minimum Gasteiger partial charge on any atom is -0.493 e. The summed E-state index contributed by atoms with van der Waals surface area (Å²) >= 11 is 10.3. The summed E-state index contributed by atoms with van der Waals surface area (Å²) in [7, 11) is 0. The van der Waals surface area contributed by atoms with Crippen LogP contribution in [0.4, 0.5) is 0 Å². The predicted molar refractivity (Wildman–Crippen MR) is 137 cm³/mol.